The normalized spacial score (nSPS) is 12.1. The summed E-state index contributed by atoms with van der Waals surface area (Å²) in [5.74, 6) is 0.722. The van der Waals surface area contributed by atoms with Crippen LogP contribution in [0.1, 0.15) is 85.3 Å². The van der Waals surface area contributed by atoms with Crippen LogP contribution in [0.2, 0.25) is 0 Å². The maximum absolute atomic E-state index is 11.5. The van der Waals surface area contributed by atoms with E-state index in [2.05, 4.69) is 68.2 Å². The second-order valence-electron chi connectivity index (χ2n) is 11.3. The van der Waals surface area contributed by atoms with E-state index in [1.807, 2.05) is 53.8 Å². The molecule has 2 aromatic carbocycles. The molecule has 1 heterocycles. The second kappa shape index (κ2) is 13.3. The Morgan fingerprint density at radius 1 is 0.972 bits per heavy atom. The first-order chi connectivity index (χ1) is 16.3. The molecule has 0 aliphatic heterocycles. The number of nitrogens with zero attached hydrogens (tertiary/aromatic N) is 1. The first kappa shape index (κ1) is 31.7. The third kappa shape index (κ3) is 8.98. The van der Waals surface area contributed by atoms with Crippen molar-refractivity contribution in [3.05, 3.63) is 77.7 Å². The van der Waals surface area contributed by atoms with E-state index < -0.39 is 5.41 Å². The molecule has 0 aliphatic rings. The monoisotopic (exact) mass is 665 g/mol. The number of rotatable bonds is 5. The number of aliphatic hydroxyl groups excluding tert-OH is 1. The van der Waals surface area contributed by atoms with Gasteiger partial charge in [-0.05, 0) is 22.4 Å². The van der Waals surface area contributed by atoms with Crippen molar-refractivity contribution in [2.24, 2.45) is 10.8 Å². The molecule has 0 bridgehead atoms. The molecule has 0 fully saturated rings. The Morgan fingerprint density at radius 2 is 1.56 bits per heavy atom. The van der Waals surface area contributed by atoms with Crippen LogP contribution in [-0.2, 0) is 24.9 Å². The number of aliphatic hydroxyl groups is 1. The third-order valence-corrected chi connectivity index (χ3v) is 6.17. The minimum Gasteiger partial charge on any atom is -0.512 e. The van der Waals surface area contributed by atoms with E-state index in [4.69, 9.17) is 0 Å². The summed E-state index contributed by atoms with van der Waals surface area (Å²) in [4.78, 5) is 16.1. The molecule has 4 heteroatoms. The summed E-state index contributed by atoms with van der Waals surface area (Å²) in [7, 11) is 0. The van der Waals surface area contributed by atoms with E-state index in [0.29, 0.717) is 5.92 Å². The van der Waals surface area contributed by atoms with Gasteiger partial charge in [-0.25, -0.2) is 0 Å². The van der Waals surface area contributed by atoms with Crippen LogP contribution in [0.3, 0.4) is 0 Å². The second-order valence-corrected chi connectivity index (χ2v) is 11.3. The Balaban J connectivity index is 0.000000402. The molecular weight excluding hydrogens is 623 g/mol. The minimum absolute atomic E-state index is 0. The number of carbonyl (C=O) groups excluding carboxylic acids is 1. The van der Waals surface area contributed by atoms with Gasteiger partial charge < -0.3 is 10.1 Å². The molecule has 0 amide bonds. The number of hydrogen-bond donors (Lipinski definition) is 1. The Labute approximate surface area is 231 Å². The van der Waals surface area contributed by atoms with E-state index in [-0.39, 0.29) is 37.1 Å². The Hall–Kier alpha value is -2.29. The smallest absolute Gasteiger partial charge is 0.164 e. The van der Waals surface area contributed by atoms with Gasteiger partial charge in [0, 0.05) is 43.2 Å². The number of hydrogen-bond acceptors (Lipinski definition) is 3. The van der Waals surface area contributed by atoms with Crippen molar-refractivity contribution in [1.29, 1.82) is 0 Å². The van der Waals surface area contributed by atoms with Crippen LogP contribution in [-0.4, -0.2) is 15.9 Å². The third-order valence-electron chi connectivity index (χ3n) is 6.17. The Morgan fingerprint density at radius 3 is 2.08 bits per heavy atom. The summed E-state index contributed by atoms with van der Waals surface area (Å²) in [6, 6.07) is 18.5. The number of aryl methyl sites for hydroxylation is 1. The van der Waals surface area contributed by atoms with Gasteiger partial charge in [0.25, 0.3) is 0 Å². The maximum atomic E-state index is 11.5. The molecule has 3 rings (SSSR count). The van der Waals surface area contributed by atoms with Gasteiger partial charge in [-0.3, -0.25) is 4.79 Å². The SMILES string of the molecule is CC(C)(C)C(=O)/C=C(\O)C(C)(C)C.CCC(CC)c1cc(C)[c-]c(-c2cc3ccccc3cn2)c1.[Ir]. The summed E-state index contributed by atoms with van der Waals surface area (Å²) < 4.78 is 0. The van der Waals surface area contributed by atoms with E-state index in [1.165, 1.54) is 40.8 Å². The molecule has 197 valence electrons. The summed E-state index contributed by atoms with van der Waals surface area (Å²) in [5, 5.41) is 12.0. The Kier molecular flexibility index (Phi) is 11.7. The minimum atomic E-state index is -0.417. The number of benzene rings is 2. The first-order valence-electron chi connectivity index (χ1n) is 12.6. The van der Waals surface area contributed by atoms with Crippen LogP contribution >= 0.6 is 0 Å². The quantitative estimate of drug-likeness (QED) is 0.168. The molecule has 1 N–H and O–H groups in total. The van der Waals surface area contributed by atoms with Crippen molar-refractivity contribution in [3.8, 4) is 11.3 Å². The van der Waals surface area contributed by atoms with Gasteiger partial charge in [-0.1, -0.05) is 105 Å². The largest absolute Gasteiger partial charge is 0.512 e. The molecule has 0 spiro atoms. The summed E-state index contributed by atoms with van der Waals surface area (Å²) in [5.41, 5.74) is 3.95. The van der Waals surface area contributed by atoms with E-state index in [1.54, 1.807) is 0 Å². The summed E-state index contributed by atoms with van der Waals surface area (Å²) >= 11 is 0. The summed E-state index contributed by atoms with van der Waals surface area (Å²) in [6.45, 7) is 17.8. The number of carbonyl (C=O) groups is 1. The van der Waals surface area contributed by atoms with Gasteiger partial charge in [0.2, 0.25) is 0 Å². The van der Waals surface area contributed by atoms with Crippen molar-refractivity contribution in [1.82, 2.24) is 4.98 Å². The van der Waals surface area contributed by atoms with Crippen molar-refractivity contribution >= 4 is 16.6 Å². The zero-order valence-corrected chi connectivity index (χ0v) is 25.7. The van der Waals surface area contributed by atoms with Crippen LogP contribution in [0.15, 0.2) is 60.5 Å². The van der Waals surface area contributed by atoms with Crippen molar-refractivity contribution < 1.29 is 30.0 Å². The van der Waals surface area contributed by atoms with Gasteiger partial charge in [0.1, 0.15) is 5.76 Å². The van der Waals surface area contributed by atoms with E-state index >= 15 is 0 Å². The molecular formula is C32H42IrNO2-. The first-order valence-corrected chi connectivity index (χ1v) is 12.6. The zero-order valence-electron chi connectivity index (χ0n) is 23.3. The fraction of sp³-hybridized carbons (Fsp3) is 0.438. The summed E-state index contributed by atoms with van der Waals surface area (Å²) in [6.07, 6.45) is 5.63. The van der Waals surface area contributed by atoms with Crippen LogP contribution < -0.4 is 0 Å². The molecule has 0 atom stereocenters. The maximum Gasteiger partial charge on any atom is 0.164 e. The van der Waals surface area contributed by atoms with Gasteiger partial charge in [-0.15, -0.1) is 34.9 Å². The van der Waals surface area contributed by atoms with Gasteiger partial charge in [-0.2, -0.15) is 0 Å². The van der Waals surface area contributed by atoms with Crippen LogP contribution in [0.5, 0.6) is 0 Å². The number of ketones is 1. The average Bonchev–Trinajstić information content (AvgIpc) is 2.78. The predicted molar refractivity (Wildman–Crippen MR) is 149 cm³/mol. The van der Waals surface area contributed by atoms with Crippen LogP contribution in [0.25, 0.3) is 22.0 Å². The Bertz CT molecular complexity index is 1180. The molecule has 0 unspecified atom stereocenters. The van der Waals surface area contributed by atoms with Crippen molar-refractivity contribution in [2.45, 2.75) is 81.1 Å². The molecule has 3 aromatic rings. The van der Waals surface area contributed by atoms with E-state index in [9.17, 15) is 9.90 Å². The van der Waals surface area contributed by atoms with Gasteiger partial charge in [0.15, 0.2) is 5.78 Å². The average molecular weight is 665 g/mol. The predicted octanol–water partition coefficient (Wildman–Crippen LogP) is 9.00. The topological polar surface area (TPSA) is 50.2 Å². The van der Waals surface area contributed by atoms with Gasteiger partial charge >= 0.3 is 0 Å². The number of fused-ring (bicyclic) bond motifs is 1. The van der Waals surface area contributed by atoms with Gasteiger partial charge in [0.05, 0.1) is 0 Å². The molecule has 1 aromatic heterocycles. The molecule has 36 heavy (non-hydrogen) atoms. The number of allylic oxidation sites excluding steroid dienone is 2. The molecule has 0 saturated heterocycles. The molecule has 1 radical (unpaired) electrons. The molecule has 3 nitrogen and oxygen atoms in total. The zero-order chi connectivity index (χ0) is 26.4. The fourth-order valence-electron chi connectivity index (χ4n) is 3.66. The molecule has 0 saturated carbocycles. The van der Waals surface area contributed by atoms with Crippen molar-refractivity contribution in [3.63, 3.8) is 0 Å². The van der Waals surface area contributed by atoms with Crippen LogP contribution in [0.4, 0.5) is 0 Å². The standard InChI is InChI=1S/C21H22N.C11H20O2.Ir/c1-4-16(5-2)19-10-15(3)11-20(12-19)21-13-17-8-6-7-9-18(17)14-22-21;1-10(2,3)8(12)7-9(13)11(4,5)6;/h6-10,12-14,16H,4-5H2,1-3H3;7,12H,1-6H3;/q-1;;/b;8-7-;. The van der Waals surface area contributed by atoms with Crippen molar-refractivity contribution in [2.75, 3.05) is 0 Å². The number of aromatic nitrogens is 1. The van der Waals surface area contributed by atoms with E-state index in [0.717, 1.165) is 11.3 Å². The van der Waals surface area contributed by atoms with Crippen LogP contribution in [0, 0.1) is 23.8 Å². The molecule has 0 aliphatic carbocycles. The number of pyridine rings is 1. The fourth-order valence-corrected chi connectivity index (χ4v) is 3.66.